The monoisotopic (exact) mass is 383 g/mol. The molecule has 138 valence electrons. The molecular weight excluding hydrogens is 366 g/mol. The lowest BCUT2D eigenvalue weighted by Crippen LogP contribution is -2.07. The first-order chi connectivity index (χ1) is 13.2. The molecule has 0 amide bonds. The fourth-order valence-corrected chi connectivity index (χ4v) is 2.69. The number of anilines is 1. The zero-order valence-corrected chi connectivity index (χ0v) is 15.3. The predicted octanol–water partition coefficient (Wildman–Crippen LogP) is 3.28. The smallest absolute Gasteiger partial charge is 0.321 e. The van der Waals surface area contributed by atoms with Gasteiger partial charge in [-0.25, -0.2) is 15.0 Å². The topological polar surface area (TPSA) is 98.6 Å². The molecule has 0 saturated carbocycles. The van der Waals surface area contributed by atoms with Crippen molar-refractivity contribution < 1.29 is 14.3 Å². The molecule has 2 aromatic heterocycles. The van der Waals surface area contributed by atoms with Gasteiger partial charge < -0.3 is 9.47 Å². The number of nitrogens with one attached hydrogen (secondary N) is 1. The number of hydrogen-bond acceptors (Lipinski definition) is 9. The van der Waals surface area contributed by atoms with Crippen LogP contribution in [0.2, 0.25) is 0 Å². The second kappa shape index (κ2) is 9.39. The molecule has 0 bridgehead atoms. The molecule has 27 heavy (non-hydrogen) atoms. The van der Waals surface area contributed by atoms with Crippen molar-refractivity contribution in [2.24, 2.45) is 5.10 Å². The van der Waals surface area contributed by atoms with Crippen LogP contribution in [0, 0.1) is 0 Å². The Bertz CT molecular complexity index is 897. The van der Waals surface area contributed by atoms with Gasteiger partial charge in [-0.1, -0.05) is 0 Å². The molecule has 3 aromatic rings. The van der Waals surface area contributed by atoms with Gasteiger partial charge >= 0.3 is 12.0 Å². The number of hydrazone groups is 1. The normalized spacial score (nSPS) is 10.7. The molecule has 0 aliphatic rings. The maximum absolute atomic E-state index is 11.4. The van der Waals surface area contributed by atoms with Crippen LogP contribution in [0.1, 0.15) is 18.2 Å². The van der Waals surface area contributed by atoms with E-state index in [1.54, 1.807) is 49.1 Å². The summed E-state index contributed by atoms with van der Waals surface area (Å²) >= 11 is 1.37. The average Bonchev–Trinajstić information content (AvgIpc) is 3.11. The molecule has 9 heteroatoms. The van der Waals surface area contributed by atoms with Gasteiger partial charge in [0.15, 0.2) is 0 Å². The summed E-state index contributed by atoms with van der Waals surface area (Å²) < 4.78 is 10.4. The van der Waals surface area contributed by atoms with Gasteiger partial charge in [0.1, 0.15) is 5.75 Å². The standard InChI is InChI=1S/C18H17N5O3S/c1-2-25-16(24)10-14-12-27-18(22-14)23-21-11-13-4-6-15(7-5-13)26-17-19-8-3-9-20-17/h3-9,11-12H,2,10H2,1H3,(H,22,23). The van der Waals surface area contributed by atoms with Gasteiger partial charge in [-0.05, 0) is 42.8 Å². The van der Waals surface area contributed by atoms with E-state index in [9.17, 15) is 4.79 Å². The molecule has 0 radical (unpaired) electrons. The summed E-state index contributed by atoms with van der Waals surface area (Å²) in [6, 6.07) is 9.34. The number of rotatable bonds is 8. The molecule has 0 fully saturated rings. The van der Waals surface area contributed by atoms with E-state index in [0.717, 1.165) is 5.56 Å². The van der Waals surface area contributed by atoms with Gasteiger partial charge in [-0.3, -0.25) is 10.2 Å². The summed E-state index contributed by atoms with van der Waals surface area (Å²) in [7, 11) is 0. The molecule has 0 aliphatic carbocycles. The molecule has 0 spiro atoms. The Hall–Kier alpha value is -3.33. The summed E-state index contributed by atoms with van der Waals surface area (Å²) in [6.45, 7) is 2.13. The number of benzene rings is 1. The van der Waals surface area contributed by atoms with Crippen molar-refractivity contribution in [2.75, 3.05) is 12.0 Å². The summed E-state index contributed by atoms with van der Waals surface area (Å²) in [5, 5.41) is 6.55. The molecule has 2 heterocycles. The van der Waals surface area contributed by atoms with E-state index in [0.29, 0.717) is 29.2 Å². The summed E-state index contributed by atoms with van der Waals surface area (Å²) in [4.78, 5) is 23.7. The van der Waals surface area contributed by atoms with Gasteiger partial charge in [0.2, 0.25) is 5.13 Å². The van der Waals surface area contributed by atoms with Crippen molar-refractivity contribution in [1.29, 1.82) is 0 Å². The molecule has 8 nitrogen and oxygen atoms in total. The number of hydrogen-bond donors (Lipinski definition) is 1. The minimum Gasteiger partial charge on any atom is -0.466 e. The largest absolute Gasteiger partial charge is 0.466 e. The predicted molar refractivity (Wildman–Crippen MR) is 102 cm³/mol. The van der Waals surface area contributed by atoms with Gasteiger partial charge in [0, 0.05) is 17.8 Å². The van der Waals surface area contributed by atoms with Crippen molar-refractivity contribution >= 4 is 28.7 Å². The molecule has 1 N–H and O–H groups in total. The van der Waals surface area contributed by atoms with E-state index >= 15 is 0 Å². The molecule has 0 unspecified atom stereocenters. The molecular formula is C18H17N5O3S. The highest BCUT2D eigenvalue weighted by molar-refractivity contribution is 7.13. The number of thiazole rings is 1. The quantitative estimate of drug-likeness (QED) is 0.362. The van der Waals surface area contributed by atoms with Crippen LogP contribution in [-0.4, -0.2) is 33.7 Å². The summed E-state index contributed by atoms with van der Waals surface area (Å²) in [5.41, 5.74) is 4.38. The summed E-state index contributed by atoms with van der Waals surface area (Å²) in [5.74, 6) is 0.343. The van der Waals surface area contributed by atoms with E-state index in [1.165, 1.54) is 11.3 Å². The number of ether oxygens (including phenoxy) is 2. The van der Waals surface area contributed by atoms with Crippen LogP contribution in [-0.2, 0) is 16.0 Å². The molecule has 0 atom stereocenters. The van der Waals surface area contributed by atoms with Gasteiger partial charge in [0.05, 0.1) is 24.9 Å². The van der Waals surface area contributed by atoms with Gasteiger partial charge in [0.25, 0.3) is 0 Å². The van der Waals surface area contributed by atoms with Crippen LogP contribution >= 0.6 is 11.3 Å². The highest BCUT2D eigenvalue weighted by atomic mass is 32.1. The number of nitrogens with zero attached hydrogens (tertiary/aromatic N) is 4. The zero-order chi connectivity index (χ0) is 18.9. The van der Waals surface area contributed by atoms with Crippen LogP contribution in [0.15, 0.2) is 53.2 Å². The third-order valence-corrected chi connectivity index (χ3v) is 3.98. The maximum atomic E-state index is 11.4. The fraction of sp³-hybridized carbons (Fsp3) is 0.167. The Morgan fingerprint density at radius 3 is 2.78 bits per heavy atom. The first-order valence-corrected chi connectivity index (χ1v) is 9.05. The molecule has 3 rings (SSSR count). The number of aromatic nitrogens is 3. The highest BCUT2D eigenvalue weighted by Gasteiger charge is 2.07. The van der Waals surface area contributed by atoms with Crippen molar-refractivity contribution in [3.8, 4) is 11.8 Å². The highest BCUT2D eigenvalue weighted by Crippen LogP contribution is 2.18. The first kappa shape index (κ1) is 18.5. The van der Waals surface area contributed by atoms with Gasteiger partial charge in [-0.2, -0.15) is 5.10 Å². The Labute approximate surface area is 159 Å². The van der Waals surface area contributed by atoms with Crippen molar-refractivity contribution in [3.05, 3.63) is 59.4 Å². The second-order valence-corrected chi connectivity index (χ2v) is 6.06. The van der Waals surface area contributed by atoms with E-state index in [-0.39, 0.29) is 12.4 Å². The zero-order valence-electron chi connectivity index (χ0n) is 14.5. The molecule has 0 aliphatic heterocycles. The Morgan fingerprint density at radius 2 is 2.04 bits per heavy atom. The van der Waals surface area contributed by atoms with E-state index in [4.69, 9.17) is 9.47 Å². The minimum absolute atomic E-state index is 0.155. The minimum atomic E-state index is -0.291. The summed E-state index contributed by atoms with van der Waals surface area (Å²) in [6.07, 6.45) is 5.05. The van der Waals surface area contributed by atoms with Crippen LogP contribution in [0.5, 0.6) is 11.8 Å². The SMILES string of the molecule is CCOC(=O)Cc1csc(NN=Cc2ccc(Oc3ncccn3)cc2)n1. The maximum Gasteiger partial charge on any atom is 0.321 e. The van der Waals surface area contributed by atoms with E-state index in [1.807, 2.05) is 12.1 Å². The third-order valence-electron chi connectivity index (χ3n) is 3.19. The molecule has 1 aromatic carbocycles. The number of carbonyl (C=O) groups excluding carboxylic acids is 1. The van der Waals surface area contributed by atoms with Crippen LogP contribution in [0.4, 0.5) is 5.13 Å². The Morgan fingerprint density at radius 1 is 1.26 bits per heavy atom. The lowest BCUT2D eigenvalue weighted by Gasteiger charge is -2.02. The Balaban J connectivity index is 1.51. The van der Waals surface area contributed by atoms with Crippen LogP contribution in [0.3, 0.4) is 0 Å². The van der Waals surface area contributed by atoms with E-state index < -0.39 is 0 Å². The van der Waals surface area contributed by atoms with Crippen molar-refractivity contribution in [3.63, 3.8) is 0 Å². The van der Waals surface area contributed by atoms with Crippen molar-refractivity contribution in [1.82, 2.24) is 15.0 Å². The fourth-order valence-electron chi connectivity index (χ4n) is 2.03. The van der Waals surface area contributed by atoms with Crippen molar-refractivity contribution in [2.45, 2.75) is 13.3 Å². The van der Waals surface area contributed by atoms with Crippen LogP contribution < -0.4 is 10.2 Å². The molecule has 0 saturated heterocycles. The van der Waals surface area contributed by atoms with Gasteiger partial charge in [-0.15, -0.1) is 11.3 Å². The van der Waals surface area contributed by atoms with Crippen LogP contribution in [0.25, 0.3) is 0 Å². The van der Waals surface area contributed by atoms with E-state index in [2.05, 4.69) is 25.5 Å². The third kappa shape index (κ3) is 5.86. The lowest BCUT2D eigenvalue weighted by molar-refractivity contribution is -0.142. The number of esters is 1. The second-order valence-electron chi connectivity index (χ2n) is 5.20. The lowest BCUT2D eigenvalue weighted by atomic mass is 10.2. The first-order valence-electron chi connectivity index (χ1n) is 8.17. The Kier molecular flexibility index (Phi) is 6.42. The average molecular weight is 383 g/mol. The number of carbonyl (C=O) groups is 1.